The summed E-state index contributed by atoms with van der Waals surface area (Å²) >= 11 is 0. The fourth-order valence-electron chi connectivity index (χ4n) is 1.88. The van der Waals surface area contributed by atoms with E-state index in [-0.39, 0.29) is 17.7 Å². The third-order valence-corrected chi connectivity index (χ3v) is 2.96. The molecule has 3 N–H and O–H groups in total. The van der Waals surface area contributed by atoms with Crippen LogP contribution in [0.3, 0.4) is 0 Å². The molecule has 1 aromatic rings. The number of hydrogen-bond donors (Lipinski definition) is 2. The number of nitrogens with one attached hydrogen (secondary N) is 1. The third kappa shape index (κ3) is 4.85. The summed E-state index contributed by atoms with van der Waals surface area (Å²) in [6.45, 7) is 10.0. The van der Waals surface area contributed by atoms with E-state index in [4.69, 9.17) is 10.5 Å². The topological polar surface area (TPSA) is 64.3 Å². The Labute approximate surface area is 121 Å². The summed E-state index contributed by atoms with van der Waals surface area (Å²) in [4.78, 5) is 12.0. The Balaban J connectivity index is 3.00. The van der Waals surface area contributed by atoms with E-state index in [1.54, 1.807) is 7.11 Å². The maximum Gasteiger partial charge on any atom is 0.226 e. The Hall–Kier alpha value is -1.55. The summed E-state index contributed by atoms with van der Waals surface area (Å²) < 4.78 is 5.30. The number of methoxy groups -OCH3 is 1. The van der Waals surface area contributed by atoms with Crippen LogP contribution in [0.15, 0.2) is 18.2 Å². The van der Waals surface area contributed by atoms with Crippen molar-refractivity contribution in [1.82, 2.24) is 0 Å². The molecule has 0 atom stereocenters. The number of hydrogen-bond acceptors (Lipinski definition) is 3. The minimum absolute atomic E-state index is 0.0128. The van der Waals surface area contributed by atoms with Crippen molar-refractivity contribution in [3.8, 4) is 5.75 Å². The lowest BCUT2D eigenvalue weighted by molar-refractivity contribution is -0.117. The second-order valence-corrected chi connectivity index (χ2v) is 6.88. The van der Waals surface area contributed by atoms with Gasteiger partial charge in [0.15, 0.2) is 0 Å². The standard InChI is InChI=1S/C16H26N2O2/c1-15(2,3)11-7-8-13(20-6)12(9-11)18-14(19)10-16(4,5)17/h7-9H,10,17H2,1-6H3,(H,18,19). The summed E-state index contributed by atoms with van der Waals surface area (Å²) in [5.74, 6) is 0.544. The smallest absolute Gasteiger partial charge is 0.226 e. The minimum atomic E-state index is -0.529. The maximum absolute atomic E-state index is 12.0. The van der Waals surface area contributed by atoms with Gasteiger partial charge in [0.2, 0.25) is 5.91 Å². The summed E-state index contributed by atoms with van der Waals surface area (Å²) in [6.07, 6.45) is 0.260. The Morgan fingerprint density at radius 2 is 1.85 bits per heavy atom. The molecule has 0 unspecified atom stereocenters. The van der Waals surface area contributed by atoms with Crippen LogP contribution < -0.4 is 15.8 Å². The lowest BCUT2D eigenvalue weighted by atomic mass is 9.87. The molecule has 4 heteroatoms. The van der Waals surface area contributed by atoms with Gasteiger partial charge in [0.1, 0.15) is 5.75 Å². The van der Waals surface area contributed by atoms with Crippen LogP contribution in [0.1, 0.15) is 46.6 Å². The molecule has 0 aliphatic carbocycles. The van der Waals surface area contributed by atoms with Crippen LogP contribution >= 0.6 is 0 Å². The van der Waals surface area contributed by atoms with Gasteiger partial charge in [0, 0.05) is 12.0 Å². The first-order valence-corrected chi connectivity index (χ1v) is 6.80. The fraction of sp³-hybridized carbons (Fsp3) is 0.562. The molecular weight excluding hydrogens is 252 g/mol. The maximum atomic E-state index is 12.0. The molecule has 0 bridgehead atoms. The van der Waals surface area contributed by atoms with Gasteiger partial charge in [-0.2, -0.15) is 0 Å². The largest absolute Gasteiger partial charge is 0.495 e. The molecule has 0 fully saturated rings. The predicted molar refractivity (Wildman–Crippen MR) is 83.2 cm³/mol. The normalized spacial score (nSPS) is 12.2. The highest BCUT2D eigenvalue weighted by Crippen LogP contribution is 2.31. The van der Waals surface area contributed by atoms with Gasteiger partial charge in [-0.05, 0) is 37.0 Å². The van der Waals surface area contributed by atoms with Crippen molar-refractivity contribution in [2.45, 2.75) is 52.0 Å². The van der Waals surface area contributed by atoms with Crippen molar-refractivity contribution in [2.24, 2.45) is 5.73 Å². The fourth-order valence-corrected chi connectivity index (χ4v) is 1.88. The van der Waals surface area contributed by atoms with Gasteiger partial charge >= 0.3 is 0 Å². The summed E-state index contributed by atoms with van der Waals surface area (Å²) in [5.41, 5.74) is 7.18. The van der Waals surface area contributed by atoms with Crippen LogP contribution in [-0.2, 0) is 10.2 Å². The van der Waals surface area contributed by atoms with E-state index in [9.17, 15) is 4.79 Å². The third-order valence-electron chi connectivity index (χ3n) is 2.96. The van der Waals surface area contributed by atoms with Crippen molar-refractivity contribution in [2.75, 3.05) is 12.4 Å². The Kier molecular flexibility index (Phi) is 4.81. The molecule has 4 nitrogen and oxygen atoms in total. The first kappa shape index (κ1) is 16.5. The van der Waals surface area contributed by atoms with E-state index in [0.717, 1.165) is 5.56 Å². The molecule has 1 amide bonds. The highest BCUT2D eigenvalue weighted by Gasteiger charge is 2.19. The van der Waals surface area contributed by atoms with Crippen LogP contribution in [0.25, 0.3) is 0 Å². The lowest BCUT2D eigenvalue weighted by Gasteiger charge is -2.22. The van der Waals surface area contributed by atoms with Gasteiger partial charge < -0.3 is 15.8 Å². The predicted octanol–water partition coefficient (Wildman–Crippen LogP) is 3.06. The zero-order valence-electron chi connectivity index (χ0n) is 13.3. The molecule has 20 heavy (non-hydrogen) atoms. The number of ether oxygens (including phenoxy) is 1. The van der Waals surface area contributed by atoms with Gasteiger partial charge in [-0.3, -0.25) is 4.79 Å². The number of benzene rings is 1. The lowest BCUT2D eigenvalue weighted by Crippen LogP contribution is -2.36. The van der Waals surface area contributed by atoms with Crippen molar-refractivity contribution in [3.63, 3.8) is 0 Å². The number of rotatable bonds is 4. The molecule has 0 aromatic heterocycles. The zero-order chi connectivity index (χ0) is 15.6. The Morgan fingerprint density at radius 3 is 2.30 bits per heavy atom. The molecule has 0 saturated heterocycles. The van der Waals surface area contributed by atoms with Crippen LogP contribution in [0.4, 0.5) is 5.69 Å². The van der Waals surface area contributed by atoms with Crippen molar-refractivity contribution < 1.29 is 9.53 Å². The highest BCUT2D eigenvalue weighted by molar-refractivity contribution is 5.93. The van der Waals surface area contributed by atoms with Gasteiger partial charge in [-0.1, -0.05) is 26.8 Å². The minimum Gasteiger partial charge on any atom is -0.495 e. The Bertz CT molecular complexity index is 482. The summed E-state index contributed by atoms with van der Waals surface area (Å²) in [7, 11) is 1.59. The average Bonchev–Trinajstić information content (AvgIpc) is 2.24. The van der Waals surface area contributed by atoms with Crippen molar-refractivity contribution in [3.05, 3.63) is 23.8 Å². The van der Waals surface area contributed by atoms with Gasteiger partial charge in [-0.15, -0.1) is 0 Å². The number of nitrogens with two attached hydrogens (primary N) is 1. The van der Waals surface area contributed by atoms with Gasteiger partial charge in [0.05, 0.1) is 12.8 Å². The van der Waals surface area contributed by atoms with Gasteiger partial charge in [-0.25, -0.2) is 0 Å². The molecular formula is C16H26N2O2. The quantitative estimate of drug-likeness (QED) is 0.889. The molecule has 0 spiro atoms. The van der Waals surface area contributed by atoms with Gasteiger partial charge in [0.25, 0.3) is 0 Å². The molecule has 112 valence electrons. The molecule has 0 radical (unpaired) electrons. The molecule has 0 aliphatic rings. The Morgan fingerprint density at radius 1 is 1.25 bits per heavy atom. The van der Waals surface area contributed by atoms with Crippen molar-refractivity contribution in [1.29, 1.82) is 0 Å². The van der Waals surface area contributed by atoms with Crippen molar-refractivity contribution >= 4 is 11.6 Å². The zero-order valence-corrected chi connectivity index (χ0v) is 13.3. The molecule has 1 aromatic carbocycles. The van der Waals surface area contributed by atoms with Crippen LogP contribution in [0.2, 0.25) is 0 Å². The first-order valence-electron chi connectivity index (χ1n) is 6.80. The SMILES string of the molecule is COc1ccc(C(C)(C)C)cc1NC(=O)CC(C)(C)N. The monoisotopic (exact) mass is 278 g/mol. The van der Waals surface area contributed by atoms with Crippen LogP contribution in [0.5, 0.6) is 5.75 Å². The average molecular weight is 278 g/mol. The van der Waals surface area contributed by atoms with Crippen LogP contribution in [-0.4, -0.2) is 18.6 Å². The van der Waals surface area contributed by atoms with E-state index in [1.807, 2.05) is 32.0 Å². The van der Waals surface area contributed by atoms with E-state index < -0.39 is 5.54 Å². The van der Waals surface area contributed by atoms with E-state index in [1.165, 1.54) is 0 Å². The second-order valence-electron chi connectivity index (χ2n) is 6.88. The number of carbonyl (C=O) groups excluding carboxylic acids is 1. The van der Waals surface area contributed by atoms with Crippen LogP contribution in [0, 0.1) is 0 Å². The number of anilines is 1. The van der Waals surface area contributed by atoms with E-state index >= 15 is 0 Å². The molecule has 1 rings (SSSR count). The first-order chi connectivity index (χ1) is 9.03. The molecule has 0 saturated carbocycles. The van der Waals surface area contributed by atoms with E-state index in [2.05, 4.69) is 26.1 Å². The molecule has 0 heterocycles. The number of amides is 1. The second kappa shape index (κ2) is 5.83. The summed E-state index contributed by atoms with van der Waals surface area (Å²) in [5, 5.41) is 2.89. The number of carbonyl (C=O) groups is 1. The highest BCUT2D eigenvalue weighted by atomic mass is 16.5. The molecule has 0 aliphatic heterocycles. The summed E-state index contributed by atoms with van der Waals surface area (Å²) in [6, 6.07) is 5.85. The van der Waals surface area contributed by atoms with E-state index in [0.29, 0.717) is 11.4 Å².